The molecule has 26 heavy (non-hydrogen) atoms. The van der Waals surface area contributed by atoms with Gasteiger partial charge in [-0.2, -0.15) is 0 Å². The minimum Gasteiger partial charge on any atom is -0.457 e. The fourth-order valence-electron chi connectivity index (χ4n) is 2.79. The number of morpholine rings is 1. The van der Waals surface area contributed by atoms with E-state index in [1.165, 1.54) is 28.9 Å². The first-order valence-electron chi connectivity index (χ1n) is 8.08. The van der Waals surface area contributed by atoms with E-state index in [4.69, 9.17) is 21.4 Å². The van der Waals surface area contributed by atoms with E-state index < -0.39 is 0 Å². The molecule has 2 aromatic rings. The van der Waals surface area contributed by atoms with Gasteiger partial charge >= 0.3 is 0 Å². The van der Waals surface area contributed by atoms with Gasteiger partial charge < -0.3 is 9.15 Å². The zero-order valence-corrected chi connectivity index (χ0v) is 15.3. The number of carbonyl (C=O) groups is 1. The smallest absolute Gasteiger partial charge is 0.281 e. The predicted octanol–water partition coefficient (Wildman–Crippen LogP) is 3.53. The summed E-state index contributed by atoms with van der Waals surface area (Å²) in [5.41, 5.74) is 0.770. The molecule has 0 atom stereocenters. The van der Waals surface area contributed by atoms with Crippen LogP contribution in [-0.2, 0) is 9.53 Å². The number of amides is 1. The quantitative estimate of drug-likeness (QED) is 0.590. The first-order chi connectivity index (χ1) is 12.6. The molecular formula is C18H15FN2O3S2. The number of carbonyl (C=O) groups excluding carboxylic acids is 1. The number of hydrazine groups is 1. The molecule has 4 rings (SSSR count). The average Bonchev–Trinajstić information content (AvgIpc) is 3.21. The van der Waals surface area contributed by atoms with Crippen LogP contribution >= 0.6 is 24.0 Å². The van der Waals surface area contributed by atoms with Crippen molar-refractivity contribution in [2.24, 2.45) is 0 Å². The van der Waals surface area contributed by atoms with Gasteiger partial charge in [0.25, 0.3) is 5.91 Å². The molecule has 0 aliphatic carbocycles. The standard InChI is InChI=1S/C18H15FN2O3S2/c19-13-3-1-12(2-4-13)15-6-5-14(24-15)11-16-17(22)21(18(25)26-16)20-7-9-23-10-8-20/h1-6,11H,7-10H2/b16-11-. The lowest BCUT2D eigenvalue weighted by Crippen LogP contribution is -2.50. The minimum atomic E-state index is -0.299. The summed E-state index contributed by atoms with van der Waals surface area (Å²) in [6.07, 6.45) is 1.69. The van der Waals surface area contributed by atoms with Crippen molar-refractivity contribution in [1.82, 2.24) is 10.0 Å². The van der Waals surface area contributed by atoms with E-state index in [1.54, 1.807) is 30.3 Å². The number of benzene rings is 1. The fraction of sp³-hybridized carbons (Fsp3) is 0.222. The van der Waals surface area contributed by atoms with Crippen molar-refractivity contribution in [3.05, 3.63) is 52.9 Å². The number of hydrogen-bond donors (Lipinski definition) is 0. The van der Waals surface area contributed by atoms with Crippen molar-refractivity contribution in [3.63, 3.8) is 0 Å². The Morgan fingerprint density at radius 1 is 1.12 bits per heavy atom. The van der Waals surface area contributed by atoms with E-state index in [-0.39, 0.29) is 11.7 Å². The van der Waals surface area contributed by atoms with Gasteiger partial charge in [0.2, 0.25) is 0 Å². The number of furan rings is 1. The molecular weight excluding hydrogens is 375 g/mol. The molecule has 3 heterocycles. The van der Waals surface area contributed by atoms with Gasteiger partial charge in [0.15, 0.2) is 4.32 Å². The molecule has 0 saturated carbocycles. The maximum atomic E-state index is 13.0. The Morgan fingerprint density at radius 3 is 2.58 bits per heavy atom. The van der Waals surface area contributed by atoms with Crippen LogP contribution in [0.2, 0.25) is 0 Å². The van der Waals surface area contributed by atoms with Crippen LogP contribution in [0.25, 0.3) is 17.4 Å². The molecule has 0 N–H and O–H groups in total. The number of rotatable bonds is 3. The maximum absolute atomic E-state index is 13.0. The molecule has 0 bridgehead atoms. The van der Waals surface area contributed by atoms with Crippen molar-refractivity contribution >= 4 is 40.3 Å². The highest BCUT2D eigenvalue weighted by Gasteiger charge is 2.37. The number of halogens is 1. The van der Waals surface area contributed by atoms with Crippen molar-refractivity contribution in [2.45, 2.75) is 0 Å². The fourth-order valence-corrected chi connectivity index (χ4v) is 4.08. The molecule has 0 spiro atoms. The third-order valence-electron chi connectivity index (χ3n) is 4.07. The van der Waals surface area contributed by atoms with Gasteiger partial charge in [0.1, 0.15) is 17.3 Å². The lowest BCUT2D eigenvalue weighted by Gasteiger charge is -2.33. The second-order valence-electron chi connectivity index (χ2n) is 5.77. The summed E-state index contributed by atoms with van der Waals surface area (Å²) in [4.78, 5) is 13.2. The summed E-state index contributed by atoms with van der Waals surface area (Å²) in [7, 11) is 0. The van der Waals surface area contributed by atoms with Gasteiger partial charge in [-0.25, -0.2) is 14.4 Å². The van der Waals surface area contributed by atoms with Gasteiger partial charge in [0, 0.05) is 24.7 Å². The topological polar surface area (TPSA) is 45.9 Å². The van der Waals surface area contributed by atoms with E-state index >= 15 is 0 Å². The highest BCUT2D eigenvalue weighted by molar-refractivity contribution is 8.26. The average molecular weight is 390 g/mol. The lowest BCUT2D eigenvalue weighted by molar-refractivity contribution is -0.138. The normalized spacial score (nSPS) is 20.3. The van der Waals surface area contributed by atoms with Gasteiger partial charge in [-0.05, 0) is 36.4 Å². The van der Waals surface area contributed by atoms with Crippen LogP contribution in [0.1, 0.15) is 5.76 Å². The third-order valence-corrected chi connectivity index (χ3v) is 5.36. The van der Waals surface area contributed by atoms with Crippen LogP contribution in [0.5, 0.6) is 0 Å². The summed E-state index contributed by atoms with van der Waals surface area (Å²) >= 11 is 6.62. The van der Waals surface area contributed by atoms with Crippen LogP contribution < -0.4 is 0 Å². The Bertz CT molecular complexity index is 873. The van der Waals surface area contributed by atoms with Crippen molar-refractivity contribution in [2.75, 3.05) is 26.3 Å². The SMILES string of the molecule is O=C1/C(=C/c2ccc(-c3ccc(F)cc3)o2)SC(=S)N1N1CCOCC1. The van der Waals surface area contributed by atoms with E-state index in [0.29, 0.717) is 47.0 Å². The Morgan fingerprint density at radius 2 is 1.85 bits per heavy atom. The second-order valence-corrected chi connectivity index (χ2v) is 7.44. The summed E-state index contributed by atoms with van der Waals surface area (Å²) in [6, 6.07) is 9.63. The Balaban J connectivity index is 1.54. The number of thiocarbonyl (C=S) groups is 1. The summed E-state index contributed by atoms with van der Waals surface area (Å²) in [6.45, 7) is 2.43. The van der Waals surface area contributed by atoms with E-state index in [2.05, 4.69) is 0 Å². The molecule has 2 aliphatic heterocycles. The molecule has 0 radical (unpaired) electrons. The van der Waals surface area contributed by atoms with Gasteiger partial charge in [-0.15, -0.1) is 0 Å². The van der Waals surface area contributed by atoms with Gasteiger partial charge in [-0.3, -0.25) is 4.79 Å². The molecule has 1 aromatic carbocycles. The highest BCUT2D eigenvalue weighted by Crippen LogP contribution is 2.34. The number of hydrogen-bond acceptors (Lipinski definition) is 6. The van der Waals surface area contributed by atoms with E-state index in [9.17, 15) is 9.18 Å². The van der Waals surface area contributed by atoms with E-state index in [1.807, 2.05) is 5.01 Å². The number of ether oxygens (including phenoxy) is 1. The summed E-state index contributed by atoms with van der Waals surface area (Å²) in [5.74, 6) is 0.709. The van der Waals surface area contributed by atoms with Crippen LogP contribution in [0.3, 0.4) is 0 Å². The van der Waals surface area contributed by atoms with Crippen LogP contribution in [0.4, 0.5) is 4.39 Å². The largest absolute Gasteiger partial charge is 0.457 e. The first kappa shape index (κ1) is 17.4. The molecule has 2 aliphatic rings. The monoisotopic (exact) mass is 390 g/mol. The zero-order chi connectivity index (χ0) is 18.1. The third kappa shape index (κ3) is 3.45. The molecule has 8 heteroatoms. The number of nitrogens with zero attached hydrogens (tertiary/aromatic N) is 2. The Labute approximate surface area is 159 Å². The molecule has 0 unspecified atom stereocenters. The molecule has 134 valence electrons. The molecule has 1 aromatic heterocycles. The summed E-state index contributed by atoms with van der Waals surface area (Å²) < 4.78 is 24.6. The number of thioether (sulfide) groups is 1. The van der Waals surface area contributed by atoms with Crippen LogP contribution in [-0.4, -0.2) is 46.5 Å². The Kier molecular flexibility index (Phi) is 4.90. The molecule has 2 saturated heterocycles. The van der Waals surface area contributed by atoms with Crippen LogP contribution in [0.15, 0.2) is 45.7 Å². The molecule has 2 fully saturated rings. The first-order valence-corrected chi connectivity index (χ1v) is 9.30. The molecule has 5 nitrogen and oxygen atoms in total. The second kappa shape index (κ2) is 7.32. The molecule has 1 amide bonds. The van der Waals surface area contributed by atoms with E-state index in [0.717, 1.165) is 5.56 Å². The van der Waals surface area contributed by atoms with Crippen molar-refractivity contribution < 1.29 is 18.3 Å². The summed E-state index contributed by atoms with van der Waals surface area (Å²) in [5, 5.41) is 3.45. The zero-order valence-electron chi connectivity index (χ0n) is 13.7. The minimum absolute atomic E-state index is 0.151. The van der Waals surface area contributed by atoms with Crippen molar-refractivity contribution in [3.8, 4) is 11.3 Å². The lowest BCUT2D eigenvalue weighted by atomic mass is 10.2. The van der Waals surface area contributed by atoms with Crippen molar-refractivity contribution in [1.29, 1.82) is 0 Å². The van der Waals surface area contributed by atoms with Gasteiger partial charge in [0.05, 0.1) is 18.1 Å². The maximum Gasteiger partial charge on any atom is 0.281 e. The highest BCUT2D eigenvalue weighted by atomic mass is 32.2. The van der Waals surface area contributed by atoms with Crippen LogP contribution in [0, 0.1) is 5.82 Å². The van der Waals surface area contributed by atoms with Gasteiger partial charge in [-0.1, -0.05) is 24.0 Å². The predicted molar refractivity (Wildman–Crippen MR) is 102 cm³/mol. The Hall–Kier alpha value is -2.00.